The molecule has 1 aliphatic carbocycles. The second-order valence-electron chi connectivity index (χ2n) is 13.1. The van der Waals surface area contributed by atoms with Crippen LogP contribution in [0.25, 0.3) is 0 Å². The van der Waals surface area contributed by atoms with E-state index in [0.717, 1.165) is 36.0 Å². The monoisotopic (exact) mass is 549 g/mol. The minimum Gasteiger partial charge on any atom is -0.399 e. The van der Waals surface area contributed by atoms with Gasteiger partial charge in [0.15, 0.2) is 6.29 Å². The van der Waals surface area contributed by atoms with Gasteiger partial charge in [0, 0.05) is 35.3 Å². The highest BCUT2D eigenvalue weighted by Crippen LogP contribution is 2.44. The van der Waals surface area contributed by atoms with Gasteiger partial charge in [-0.15, -0.1) is 0 Å². The summed E-state index contributed by atoms with van der Waals surface area (Å²) in [6.45, 7) is 9.03. The number of benzene rings is 2. The molecule has 0 aromatic heterocycles. The molecule has 0 bridgehead atoms. The highest BCUT2D eigenvalue weighted by atomic mass is 16.7. The van der Waals surface area contributed by atoms with E-state index in [2.05, 4.69) is 17.1 Å². The van der Waals surface area contributed by atoms with Crippen molar-refractivity contribution in [2.24, 2.45) is 11.8 Å². The van der Waals surface area contributed by atoms with Crippen LogP contribution in [-0.2, 0) is 20.9 Å². The number of carbonyl (C=O) groups is 1. The highest BCUT2D eigenvalue weighted by Gasteiger charge is 2.46. The first kappa shape index (κ1) is 29.1. The molecule has 7 unspecified atom stereocenters. The number of carbonyl (C=O) groups excluding carboxylic acids is 1. The van der Waals surface area contributed by atoms with Gasteiger partial charge in [0.25, 0.3) is 0 Å². The van der Waals surface area contributed by atoms with E-state index >= 15 is 0 Å². The summed E-state index contributed by atoms with van der Waals surface area (Å²) < 4.78 is 13.4. The van der Waals surface area contributed by atoms with Gasteiger partial charge in [-0.25, -0.2) is 0 Å². The lowest BCUT2D eigenvalue weighted by molar-refractivity contribution is -0.278. The minimum atomic E-state index is -0.569. The van der Waals surface area contributed by atoms with Crippen molar-refractivity contribution in [2.45, 2.75) is 109 Å². The fraction of sp³-hybridized carbons (Fsp3) is 0.606. The van der Waals surface area contributed by atoms with Gasteiger partial charge < -0.3 is 25.6 Å². The van der Waals surface area contributed by atoms with Crippen molar-refractivity contribution >= 4 is 11.6 Å². The van der Waals surface area contributed by atoms with Gasteiger partial charge in [-0.3, -0.25) is 9.69 Å². The quantitative estimate of drug-likeness (QED) is 0.412. The summed E-state index contributed by atoms with van der Waals surface area (Å²) in [7, 11) is 0. The third kappa shape index (κ3) is 6.54. The van der Waals surface area contributed by atoms with Gasteiger partial charge in [0.1, 0.15) is 0 Å². The number of likely N-dealkylation sites (tertiary alicyclic amines) is 1. The van der Waals surface area contributed by atoms with Crippen molar-refractivity contribution in [3.63, 3.8) is 0 Å². The third-order valence-electron chi connectivity index (χ3n) is 9.00. The number of aliphatic hydroxyl groups excluding tert-OH is 1. The predicted molar refractivity (Wildman–Crippen MR) is 157 cm³/mol. The summed E-state index contributed by atoms with van der Waals surface area (Å²) in [5.74, 6) is 0.807. The van der Waals surface area contributed by atoms with Crippen molar-refractivity contribution in [3.8, 4) is 0 Å². The molecule has 2 heterocycles. The van der Waals surface area contributed by atoms with E-state index in [1.165, 1.54) is 19.3 Å². The lowest BCUT2D eigenvalue weighted by Gasteiger charge is -2.51. The second-order valence-corrected chi connectivity index (χ2v) is 13.1. The van der Waals surface area contributed by atoms with E-state index in [1.54, 1.807) is 0 Å². The van der Waals surface area contributed by atoms with Crippen LogP contribution in [0.2, 0.25) is 0 Å². The van der Waals surface area contributed by atoms with Crippen LogP contribution in [0, 0.1) is 11.8 Å². The lowest BCUT2D eigenvalue weighted by atomic mass is 9.75. The molecule has 3 fully saturated rings. The van der Waals surface area contributed by atoms with E-state index < -0.39 is 6.29 Å². The van der Waals surface area contributed by atoms with Crippen LogP contribution in [-0.4, -0.2) is 46.2 Å². The van der Waals surface area contributed by atoms with Crippen LogP contribution in [0.1, 0.15) is 95.3 Å². The van der Waals surface area contributed by atoms with Gasteiger partial charge >= 0.3 is 0 Å². The lowest BCUT2D eigenvalue weighted by Crippen LogP contribution is -2.61. The van der Waals surface area contributed by atoms with Crippen molar-refractivity contribution in [1.82, 2.24) is 10.2 Å². The molecule has 40 heavy (non-hydrogen) atoms. The molecule has 2 aliphatic heterocycles. The number of aliphatic hydroxyl groups is 1. The average Bonchev–Trinajstić information content (AvgIpc) is 2.93. The Balaban J connectivity index is 1.46. The molecule has 7 heteroatoms. The van der Waals surface area contributed by atoms with Crippen LogP contribution in [0.5, 0.6) is 0 Å². The average molecular weight is 550 g/mol. The number of ether oxygens (including phenoxy) is 2. The number of fused-ring (bicyclic) bond motifs is 1. The summed E-state index contributed by atoms with van der Waals surface area (Å²) in [4.78, 5) is 16.1. The van der Waals surface area contributed by atoms with Gasteiger partial charge in [0.2, 0.25) is 5.91 Å². The Morgan fingerprint density at radius 3 is 2.48 bits per heavy atom. The zero-order valence-electron chi connectivity index (χ0n) is 24.5. The zero-order valence-corrected chi connectivity index (χ0v) is 24.5. The molecular weight excluding hydrogens is 502 g/mol. The third-order valence-corrected chi connectivity index (χ3v) is 9.00. The maximum Gasteiger partial charge on any atom is 0.237 e. The highest BCUT2D eigenvalue weighted by molar-refractivity contribution is 5.82. The number of anilines is 1. The number of piperidine rings is 1. The molecule has 3 aliphatic rings. The standard InChI is InChI=1S/C33H47N3O4/c1-21-29(19-36-27-11-6-5-8-23(27)16-17-28(36)31(38)35-33(2,3)4)39-32(25-9-7-10-26(34)18-25)40-30(21)24-14-12-22(20-37)13-15-24/h7,9-10,12-15,18,21,23,27-30,32,37H,5-6,8,11,16-17,19-20,34H2,1-4H3,(H,35,38). The molecule has 5 rings (SSSR count). The van der Waals surface area contributed by atoms with Gasteiger partial charge in [-0.1, -0.05) is 56.2 Å². The molecule has 2 saturated heterocycles. The molecule has 7 atom stereocenters. The van der Waals surface area contributed by atoms with E-state index in [1.807, 2.05) is 69.3 Å². The first-order chi connectivity index (χ1) is 19.1. The zero-order chi connectivity index (χ0) is 28.4. The van der Waals surface area contributed by atoms with Crippen molar-refractivity contribution in [3.05, 3.63) is 65.2 Å². The molecule has 2 aromatic rings. The van der Waals surface area contributed by atoms with Crippen LogP contribution < -0.4 is 11.1 Å². The molecule has 218 valence electrons. The Bertz CT molecular complexity index is 1150. The molecule has 0 radical (unpaired) electrons. The summed E-state index contributed by atoms with van der Waals surface area (Å²) in [5, 5.41) is 12.8. The Labute approximate surface area is 239 Å². The van der Waals surface area contributed by atoms with Crippen LogP contribution in [0.3, 0.4) is 0 Å². The Morgan fingerprint density at radius 2 is 1.77 bits per heavy atom. The minimum absolute atomic E-state index is 0.00848. The number of nitrogens with two attached hydrogens (primary N) is 1. The summed E-state index contributed by atoms with van der Waals surface area (Å²) in [5.41, 5.74) is 9.36. The number of nitrogens with zero attached hydrogens (tertiary/aromatic N) is 1. The van der Waals surface area contributed by atoms with E-state index in [9.17, 15) is 9.90 Å². The molecular formula is C33H47N3O4. The Hall–Kier alpha value is -2.45. The largest absolute Gasteiger partial charge is 0.399 e. The SMILES string of the molecule is CC1C(CN2C(C(=O)NC(C)(C)C)CCC3CCCCC32)OC(c2cccc(N)c2)OC1c1ccc(CO)cc1. The second kappa shape index (κ2) is 12.2. The van der Waals surface area contributed by atoms with Crippen LogP contribution in [0.15, 0.2) is 48.5 Å². The first-order valence-corrected chi connectivity index (χ1v) is 15.1. The van der Waals surface area contributed by atoms with Gasteiger partial charge in [0.05, 0.1) is 24.9 Å². The van der Waals surface area contributed by atoms with Crippen molar-refractivity contribution < 1.29 is 19.4 Å². The number of nitrogen functional groups attached to an aromatic ring is 1. The maximum absolute atomic E-state index is 13.6. The fourth-order valence-corrected chi connectivity index (χ4v) is 6.97. The van der Waals surface area contributed by atoms with E-state index in [-0.39, 0.29) is 42.2 Å². The number of amides is 1. The molecule has 1 saturated carbocycles. The topological polar surface area (TPSA) is 97.1 Å². The van der Waals surface area contributed by atoms with E-state index in [4.69, 9.17) is 15.2 Å². The fourth-order valence-electron chi connectivity index (χ4n) is 6.97. The van der Waals surface area contributed by atoms with Crippen molar-refractivity contribution in [1.29, 1.82) is 0 Å². The molecule has 0 spiro atoms. The predicted octanol–water partition coefficient (Wildman–Crippen LogP) is 5.49. The Morgan fingerprint density at radius 1 is 1.02 bits per heavy atom. The first-order valence-electron chi connectivity index (χ1n) is 15.1. The summed E-state index contributed by atoms with van der Waals surface area (Å²) in [6, 6.07) is 15.9. The number of nitrogens with one attached hydrogen (secondary N) is 1. The molecule has 1 amide bonds. The van der Waals surface area contributed by atoms with Gasteiger partial charge in [-0.2, -0.15) is 0 Å². The number of rotatable bonds is 6. The Kier molecular flexibility index (Phi) is 8.86. The van der Waals surface area contributed by atoms with Gasteiger partial charge in [-0.05, 0) is 75.6 Å². The number of hydrogen-bond acceptors (Lipinski definition) is 6. The summed E-state index contributed by atoms with van der Waals surface area (Å²) >= 11 is 0. The summed E-state index contributed by atoms with van der Waals surface area (Å²) in [6.07, 6.45) is 5.94. The number of hydrogen-bond donors (Lipinski definition) is 3. The smallest absolute Gasteiger partial charge is 0.237 e. The molecule has 7 nitrogen and oxygen atoms in total. The van der Waals surface area contributed by atoms with Crippen LogP contribution in [0.4, 0.5) is 5.69 Å². The van der Waals surface area contributed by atoms with Crippen LogP contribution >= 0.6 is 0 Å². The van der Waals surface area contributed by atoms with E-state index in [0.29, 0.717) is 24.2 Å². The molecule has 2 aromatic carbocycles. The maximum atomic E-state index is 13.6. The van der Waals surface area contributed by atoms with Crippen molar-refractivity contribution in [2.75, 3.05) is 12.3 Å². The normalized spacial score (nSPS) is 31.4. The molecule has 4 N–H and O–H groups in total.